The van der Waals surface area contributed by atoms with Crippen molar-refractivity contribution >= 4 is 39.4 Å². The Balaban J connectivity index is 1.45. The molecule has 0 N–H and O–H groups in total. The van der Waals surface area contributed by atoms with Crippen LogP contribution in [0.5, 0.6) is 0 Å². The topological polar surface area (TPSA) is 69.6 Å². The summed E-state index contributed by atoms with van der Waals surface area (Å²) in [5, 5.41) is 0. The van der Waals surface area contributed by atoms with E-state index >= 15 is 0 Å². The average molecular weight is 416 g/mol. The van der Waals surface area contributed by atoms with Crippen LogP contribution >= 0.6 is 15.9 Å². The number of amides is 2. The highest BCUT2D eigenvalue weighted by Crippen LogP contribution is 2.28. The molecule has 0 unspecified atom stereocenters. The highest BCUT2D eigenvalue weighted by Gasteiger charge is 2.43. The number of aromatic nitrogens is 2. The smallest absolute Gasteiger partial charge is 0.251 e. The largest absolute Gasteiger partial charge is 0.338 e. The molecule has 1 atom stereocenters. The molecule has 7 nitrogen and oxygen atoms in total. The molecule has 2 aliphatic rings. The van der Waals surface area contributed by atoms with Crippen molar-refractivity contribution in [2.45, 2.75) is 12.5 Å². The fourth-order valence-electron chi connectivity index (χ4n) is 3.48. The van der Waals surface area contributed by atoms with Crippen molar-refractivity contribution in [1.82, 2.24) is 14.9 Å². The molecular weight excluding hydrogens is 398 g/mol. The fraction of sp³-hybridized carbons (Fsp3) is 0.333. The van der Waals surface area contributed by atoms with Crippen molar-refractivity contribution in [3.8, 4) is 0 Å². The van der Waals surface area contributed by atoms with E-state index in [1.54, 1.807) is 30.6 Å². The minimum Gasteiger partial charge on any atom is -0.338 e. The molecule has 0 spiro atoms. The highest BCUT2D eigenvalue weighted by molar-refractivity contribution is 9.10. The SMILES string of the molecule is O=C1C[C@H](N2CCN(c3ncccn3)CC2)C(=O)N1c1cccc(Br)c1. The van der Waals surface area contributed by atoms with E-state index in [-0.39, 0.29) is 24.3 Å². The van der Waals surface area contributed by atoms with Gasteiger partial charge in [-0.1, -0.05) is 22.0 Å². The number of halogens is 1. The van der Waals surface area contributed by atoms with E-state index in [0.717, 1.165) is 17.6 Å². The van der Waals surface area contributed by atoms with Gasteiger partial charge in [-0.05, 0) is 24.3 Å². The molecule has 0 bridgehead atoms. The summed E-state index contributed by atoms with van der Waals surface area (Å²) in [6.07, 6.45) is 3.68. The molecule has 0 radical (unpaired) electrons. The Labute approximate surface area is 159 Å². The van der Waals surface area contributed by atoms with Gasteiger partial charge in [0.2, 0.25) is 11.9 Å². The van der Waals surface area contributed by atoms with Crippen LogP contribution in [-0.2, 0) is 9.59 Å². The predicted octanol–water partition coefficient (Wildman–Crippen LogP) is 1.69. The lowest BCUT2D eigenvalue weighted by molar-refractivity contribution is -0.123. The second-order valence-corrected chi connectivity index (χ2v) is 7.25. The summed E-state index contributed by atoms with van der Waals surface area (Å²) in [6, 6.07) is 8.68. The summed E-state index contributed by atoms with van der Waals surface area (Å²) in [6.45, 7) is 2.88. The van der Waals surface area contributed by atoms with Gasteiger partial charge in [-0.15, -0.1) is 0 Å². The Morgan fingerprint density at radius 3 is 2.42 bits per heavy atom. The lowest BCUT2D eigenvalue weighted by Crippen LogP contribution is -2.53. The van der Waals surface area contributed by atoms with Crippen molar-refractivity contribution in [2.75, 3.05) is 36.0 Å². The molecule has 2 saturated heterocycles. The molecule has 2 fully saturated rings. The Morgan fingerprint density at radius 2 is 1.73 bits per heavy atom. The minimum absolute atomic E-state index is 0.141. The first-order valence-electron chi connectivity index (χ1n) is 8.52. The fourth-order valence-corrected chi connectivity index (χ4v) is 3.86. The molecule has 8 heteroatoms. The molecule has 3 heterocycles. The number of nitrogens with zero attached hydrogens (tertiary/aromatic N) is 5. The number of carbonyl (C=O) groups excluding carboxylic acids is 2. The number of hydrogen-bond acceptors (Lipinski definition) is 6. The van der Waals surface area contributed by atoms with Gasteiger partial charge in [0.1, 0.15) is 0 Å². The van der Waals surface area contributed by atoms with Crippen molar-refractivity contribution in [3.05, 3.63) is 47.2 Å². The van der Waals surface area contributed by atoms with Gasteiger partial charge in [-0.3, -0.25) is 14.5 Å². The van der Waals surface area contributed by atoms with Crippen LogP contribution in [0, 0.1) is 0 Å². The molecular formula is C18H18BrN5O2. The van der Waals surface area contributed by atoms with Crippen molar-refractivity contribution in [1.29, 1.82) is 0 Å². The van der Waals surface area contributed by atoms with Gasteiger partial charge in [0, 0.05) is 43.0 Å². The molecule has 2 amide bonds. The number of carbonyl (C=O) groups is 2. The average Bonchev–Trinajstić information content (AvgIpc) is 2.97. The lowest BCUT2D eigenvalue weighted by atomic mass is 10.2. The van der Waals surface area contributed by atoms with Crippen LogP contribution in [0.1, 0.15) is 6.42 Å². The maximum Gasteiger partial charge on any atom is 0.251 e. The molecule has 134 valence electrons. The van der Waals surface area contributed by atoms with E-state index in [0.29, 0.717) is 24.7 Å². The molecule has 2 aliphatic heterocycles. The summed E-state index contributed by atoms with van der Waals surface area (Å²) < 4.78 is 0.843. The number of piperazine rings is 1. The van der Waals surface area contributed by atoms with Crippen LogP contribution in [0.15, 0.2) is 47.2 Å². The zero-order chi connectivity index (χ0) is 18.1. The normalized spacial score (nSPS) is 21.5. The highest BCUT2D eigenvalue weighted by atomic mass is 79.9. The first-order valence-corrected chi connectivity index (χ1v) is 9.31. The maximum absolute atomic E-state index is 12.9. The van der Waals surface area contributed by atoms with E-state index in [1.165, 1.54) is 4.90 Å². The number of imide groups is 1. The zero-order valence-electron chi connectivity index (χ0n) is 14.1. The van der Waals surface area contributed by atoms with E-state index in [1.807, 2.05) is 12.1 Å². The quantitative estimate of drug-likeness (QED) is 0.710. The van der Waals surface area contributed by atoms with Crippen molar-refractivity contribution < 1.29 is 9.59 Å². The van der Waals surface area contributed by atoms with Crippen LogP contribution in [0.4, 0.5) is 11.6 Å². The van der Waals surface area contributed by atoms with E-state index in [4.69, 9.17) is 0 Å². The van der Waals surface area contributed by atoms with Crippen LogP contribution in [0.2, 0.25) is 0 Å². The first kappa shape index (κ1) is 17.1. The number of hydrogen-bond donors (Lipinski definition) is 0. The summed E-state index contributed by atoms with van der Waals surface area (Å²) in [4.78, 5) is 39.4. The molecule has 0 aliphatic carbocycles. The molecule has 2 aromatic rings. The predicted molar refractivity (Wildman–Crippen MR) is 101 cm³/mol. The molecule has 1 aromatic carbocycles. The van der Waals surface area contributed by atoms with Gasteiger partial charge in [-0.2, -0.15) is 0 Å². The van der Waals surface area contributed by atoms with E-state index in [2.05, 4.69) is 35.7 Å². The molecule has 4 rings (SSSR count). The van der Waals surface area contributed by atoms with Gasteiger partial charge in [0.25, 0.3) is 5.91 Å². The Hall–Kier alpha value is -2.32. The summed E-state index contributed by atoms with van der Waals surface area (Å²) in [7, 11) is 0. The molecule has 26 heavy (non-hydrogen) atoms. The minimum atomic E-state index is -0.389. The van der Waals surface area contributed by atoms with Crippen LogP contribution < -0.4 is 9.80 Å². The Bertz CT molecular complexity index is 823. The van der Waals surface area contributed by atoms with E-state index in [9.17, 15) is 9.59 Å². The third-order valence-corrected chi connectivity index (χ3v) is 5.27. The third kappa shape index (κ3) is 3.22. The molecule has 1 aromatic heterocycles. The molecule has 0 saturated carbocycles. The zero-order valence-corrected chi connectivity index (χ0v) is 15.7. The Morgan fingerprint density at radius 1 is 1.00 bits per heavy atom. The second-order valence-electron chi connectivity index (χ2n) is 6.34. The maximum atomic E-state index is 12.9. The van der Waals surface area contributed by atoms with Crippen molar-refractivity contribution in [3.63, 3.8) is 0 Å². The summed E-state index contributed by atoms with van der Waals surface area (Å²) in [5.74, 6) is 0.418. The van der Waals surface area contributed by atoms with Gasteiger partial charge in [0.15, 0.2) is 0 Å². The van der Waals surface area contributed by atoms with Gasteiger partial charge in [0.05, 0.1) is 18.2 Å². The van der Waals surface area contributed by atoms with Gasteiger partial charge >= 0.3 is 0 Å². The monoisotopic (exact) mass is 415 g/mol. The van der Waals surface area contributed by atoms with Crippen LogP contribution in [0.25, 0.3) is 0 Å². The summed E-state index contributed by atoms with van der Waals surface area (Å²) in [5.41, 5.74) is 0.619. The number of anilines is 2. The lowest BCUT2D eigenvalue weighted by Gasteiger charge is -2.36. The first-order chi connectivity index (χ1) is 12.6. The summed E-state index contributed by atoms with van der Waals surface area (Å²) >= 11 is 3.39. The standard InChI is InChI=1S/C18H18BrN5O2/c19-13-3-1-4-14(11-13)24-16(25)12-15(17(24)26)22-7-9-23(10-8-22)18-20-5-2-6-21-18/h1-6,11,15H,7-10,12H2/t15-/m0/s1. The van der Waals surface area contributed by atoms with Crippen molar-refractivity contribution in [2.24, 2.45) is 0 Å². The second kappa shape index (κ2) is 7.13. The Kier molecular flexibility index (Phi) is 4.69. The van der Waals surface area contributed by atoms with E-state index < -0.39 is 0 Å². The van der Waals surface area contributed by atoms with Crippen LogP contribution in [0.3, 0.4) is 0 Å². The van der Waals surface area contributed by atoms with Crippen LogP contribution in [-0.4, -0.2) is 58.9 Å². The van der Waals surface area contributed by atoms with Gasteiger partial charge in [-0.25, -0.2) is 14.9 Å². The number of rotatable bonds is 3. The third-order valence-electron chi connectivity index (χ3n) is 4.78. The van der Waals surface area contributed by atoms with Gasteiger partial charge < -0.3 is 4.90 Å². The number of benzene rings is 1.